The number of aryl methyl sites for hydroxylation is 3. The van der Waals surface area contributed by atoms with E-state index >= 15 is 0 Å². The number of nitrogens with zero attached hydrogens (tertiary/aromatic N) is 3. The fourth-order valence-electron chi connectivity index (χ4n) is 3.53. The topological polar surface area (TPSA) is 90.4 Å². The summed E-state index contributed by atoms with van der Waals surface area (Å²) < 4.78 is 12.8. The molecule has 2 aromatic heterocycles. The average Bonchev–Trinajstić information content (AvgIpc) is 3.20. The fraction of sp³-hybridized carbons (Fsp3) is 0.421. The van der Waals surface area contributed by atoms with E-state index < -0.39 is 6.10 Å². The second-order valence-electron chi connectivity index (χ2n) is 6.71. The Kier molecular flexibility index (Phi) is 4.24. The smallest absolute Gasteiger partial charge is 0.339 e. The standard InChI is InChI=1S/C19H21N3O4/c1-11-20-12(2)22(21-11)9-13(23)10-25-14-6-7-16-15-4-3-5-17(15)19(24)26-18(16)8-14/h6-8,13,23H,3-5,9-10H2,1-2H3/t13-/m1/s1. The minimum atomic E-state index is -0.725. The van der Waals surface area contributed by atoms with Crippen LogP contribution in [-0.4, -0.2) is 32.6 Å². The van der Waals surface area contributed by atoms with Crippen molar-refractivity contribution in [3.63, 3.8) is 0 Å². The lowest BCUT2D eigenvalue weighted by Gasteiger charge is -2.13. The molecule has 0 bridgehead atoms. The van der Waals surface area contributed by atoms with Gasteiger partial charge in [0.15, 0.2) is 0 Å². The summed E-state index contributed by atoms with van der Waals surface area (Å²) in [4.78, 5) is 16.3. The number of aliphatic hydroxyl groups is 1. The largest absolute Gasteiger partial charge is 0.491 e. The lowest BCUT2D eigenvalue weighted by atomic mass is 10.1. The van der Waals surface area contributed by atoms with Gasteiger partial charge in [-0.1, -0.05) is 0 Å². The monoisotopic (exact) mass is 355 g/mol. The first-order valence-corrected chi connectivity index (χ1v) is 8.79. The lowest BCUT2D eigenvalue weighted by Crippen LogP contribution is -2.24. The van der Waals surface area contributed by atoms with Crippen LogP contribution in [0, 0.1) is 13.8 Å². The molecule has 3 aromatic rings. The highest BCUT2D eigenvalue weighted by Crippen LogP contribution is 2.29. The van der Waals surface area contributed by atoms with Gasteiger partial charge >= 0.3 is 5.63 Å². The van der Waals surface area contributed by atoms with Crippen LogP contribution in [0.2, 0.25) is 0 Å². The molecule has 1 aliphatic carbocycles. The Hall–Kier alpha value is -2.67. The maximum atomic E-state index is 12.1. The van der Waals surface area contributed by atoms with E-state index in [9.17, 15) is 9.90 Å². The highest BCUT2D eigenvalue weighted by Gasteiger charge is 2.19. The van der Waals surface area contributed by atoms with Gasteiger partial charge in [0.05, 0.1) is 6.54 Å². The van der Waals surface area contributed by atoms with E-state index in [1.165, 1.54) is 0 Å². The summed E-state index contributed by atoms with van der Waals surface area (Å²) in [6.07, 6.45) is 1.97. The van der Waals surface area contributed by atoms with Gasteiger partial charge in [-0.3, -0.25) is 0 Å². The first-order valence-electron chi connectivity index (χ1n) is 8.79. The van der Waals surface area contributed by atoms with Crippen molar-refractivity contribution in [3.05, 3.63) is 51.4 Å². The molecule has 0 spiro atoms. The van der Waals surface area contributed by atoms with Gasteiger partial charge in [0.25, 0.3) is 0 Å². The van der Waals surface area contributed by atoms with E-state index in [0.29, 0.717) is 23.7 Å². The molecule has 4 rings (SSSR count). The average molecular weight is 355 g/mol. The van der Waals surface area contributed by atoms with Gasteiger partial charge in [-0.2, -0.15) is 5.10 Å². The first kappa shape index (κ1) is 16.8. The highest BCUT2D eigenvalue weighted by molar-refractivity contribution is 5.83. The molecule has 7 heteroatoms. The Bertz CT molecular complexity index is 1020. The SMILES string of the molecule is Cc1nc(C)n(C[C@@H](O)COc2ccc3c4c(c(=O)oc3c2)CCC4)n1. The van der Waals surface area contributed by atoms with Crippen molar-refractivity contribution in [3.8, 4) is 5.75 Å². The van der Waals surface area contributed by atoms with E-state index in [1.54, 1.807) is 10.7 Å². The van der Waals surface area contributed by atoms with Crippen molar-refractivity contribution in [2.24, 2.45) is 0 Å². The summed E-state index contributed by atoms with van der Waals surface area (Å²) in [6.45, 7) is 4.07. The molecular formula is C19H21N3O4. The quantitative estimate of drug-likeness (QED) is 0.703. The van der Waals surface area contributed by atoms with Crippen LogP contribution in [0.5, 0.6) is 5.75 Å². The van der Waals surface area contributed by atoms with Crippen LogP contribution in [0.15, 0.2) is 27.4 Å². The molecule has 0 amide bonds. The highest BCUT2D eigenvalue weighted by atomic mass is 16.5. The van der Waals surface area contributed by atoms with Gasteiger partial charge in [0, 0.05) is 17.0 Å². The lowest BCUT2D eigenvalue weighted by molar-refractivity contribution is 0.0886. The van der Waals surface area contributed by atoms with Crippen LogP contribution in [0.4, 0.5) is 0 Å². The molecule has 1 N–H and O–H groups in total. The van der Waals surface area contributed by atoms with E-state index in [4.69, 9.17) is 9.15 Å². The van der Waals surface area contributed by atoms with Crippen LogP contribution < -0.4 is 10.4 Å². The molecule has 0 aliphatic heterocycles. The maximum absolute atomic E-state index is 12.1. The second kappa shape index (κ2) is 6.57. The Labute approximate surface area is 150 Å². The van der Waals surface area contributed by atoms with Gasteiger partial charge in [-0.05, 0) is 50.8 Å². The molecule has 0 saturated carbocycles. The van der Waals surface area contributed by atoms with Crippen LogP contribution in [0.1, 0.15) is 29.2 Å². The Morgan fingerprint density at radius 2 is 2.12 bits per heavy atom. The molecule has 0 unspecified atom stereocenters. The van der Waals surface area contributed by atoms with Crippen LogP contribution in [0.25, 0.3) is 11.0 Å². The van der Waals surface area contributed by atoms with Gasteiger partial charge in [-0.15, -0.1) is 0 Å². The molecule has 136 valence electrons. The van der Waals surface area contributed by atoms with Crippen LogP contribution in [0.3, 0.4) is 0 Å². The zero-order valence-corrected chi connectivity index (χ0v) is 14.9. The molecule has 0 fully saturated rings. The van der Waals surface area contributed by atoms with Gasteiger partial charge < -0.3 is 14.3 Å². The van der Waals surface area contributed by atoms with Crippen molar-refractivity contribution in [2.75, 3.05) is 6.61 Å². The van der Waals surface area contributed by atoms with Crippen molar-refractivity contribution in [2.45, 2.75) is 45.8 Å². The number of rotatable bonds is 5. The number of benzene rings is 1. The number of ether oxygens (including phenoxy) is 1. The summed E-state index contributed by atoms with van der Waals surface area (Å²) >= 11 is 0. The summed E-state index contributed by atoms with van der Waals surface area (Å²) in [5, 5.41) is 15.4. The Balaban J connectivity index is 1.48. The van der Waals surface area contributed by atoms with E-state index in [2.05, 4.69) is 10.1 Å². The molecule has 26 heavy (non-hydrogen) atoms. The molecule has 1 aliphatic rings. The number of hydrogen-bond acceptors (Lipinski definition) is 6. The van der Waals surface area contributed by atoms with E-state index in [-0.39, 0.29) is 12.2 Å². The molecule has 1 atom stereocenters. The fourth-order valence-corrected chi connectivity index (χ4v) is 3.53. The molecule has 0 radical (unpaired) electrons. The maximum Gasteiger partial charge on any atom is 0.339 e. The Morgan fingerprint density at radius 1 is 1.31 bits per heavy atom. The zero-order valence-electron chi connectivity index (χ0n) is 14.9. The molecule has 7 nitrogen and oxygen atoms in total. The van der Waals surface area contributed by atoms with E-state index in [1.807, 2.05) is 26.0 Å². The third-order valence-electron chi connectivity index (χ3n) is 4.73. The number of hydrogen-bond donors (Lipinski definition) is 1. The summed E-state index contributed by atoms with van der Waals surface area (Å²) in [6, 6.07) is 5.49. The minimum Gasteiger partial charge on any atom is -0.491 e. The summed E-state index contributed by atoms with van der Waals surface area (Å²) in [5.74, 6) is 1.99. The third kappa shape index (κ3) is 3.10. The molecule has 2 heterocycles. The first-order chi connectivity index (χ1) is 12.5. The van der Waals surface area contributed by atoms with Crippen molar-refractivity contribution in [1.82, 2.24) is 14.8 Å². The van der Waals surface area contributed by atoms with Crippen LogP contribution >= 0.6 is 0 Å². The number of aromatic nitrogens is 3. The van der Waals surface area contributed by atoms with Crippen molar-refractivity contribution >= 4 is 11.0 Å². The van der Waals surface area contributed by atoms with Gasteiger partial charge in [0.2, 0.25) is 0 Å². The van der Waals surface area contributed by atoms with E-state index in [0.717, 1.165) is 41.6 Å². The third-order valence-corrected chi connectivity index (χ3v) is 4.73. The zero-order chi connectivity index (χ0) is 18.3. The molecule has 1 aromatic carbocycles. The second-order valence-corrected chi connectivity index (χ2v) is 6.71. The van der Waals surface area contributed by atoms with Crippen molar-refractivity contribution < 1.29 is 14.3 Å². The molecule has 0 saturated heterocycles. The normalized spacial score (nSPS) is 14.6. The summed E-state index contributed by atoms with van der Waals surface area (Å²) in [7, 11) is 0. The van der Waals surface area contributed by atoms with Gasteiger partial charge in [0.1, 0.15) is 35.7 Å². The van der Waals surface area contributed by atoms with Crippen LogP contribution in [-0.2, 0) is 19.4 Å². The number of fused-ring (bicyclic) bond motifs is 3. The predicted molar refractivity (Wildman–Crippen MR) is 95.5 cm³/mol. The molecular weight excluding hydrogens is 334 g/mol. The number of aliphatic hydroxyl groups excluding tert-OH is 1. The Morgan fingerprint density at radius 3 is 2.88 bits per heavy atom. The predicted octanol–water partition coefficient (Wildman–Crippen LogP) is 1.93. The van der Waals surface area contributed by atoms with Gasteiger partial charge in [-0.25, -0.2) is 14.5 Å². The summed E-state index contributed by atoms with van der Waals surface area (Å²) in [5.41, 5.74) is 2.18. The van der Waals surface area contributed by atoms with Crippen molar-refractivity contribution in [1.29, 1.82) is 0 Å². The minimum absolute atomic E-state index is 0.110.